The van der Waals surface area contributed by atoms with E-state index in [0.717, 1.165) is 43.8 Å². The van der Waals surface area contributed by atoms with Crippen LogP contribution in [0.3, 0.4) is 0 Å². The lowest BCUT2D eigenvalue weighted by atomic mass is 10.4. The zero-order chi connectivity index (χ0) is 63.0. The van der Waals surface area contributed by atoms with Crippen molar-refractivity contribution < 1.29 is 121 Å². The largest absolute Gasteiger partial charge is 0.537 e. The molecule has 0 aliphatic rings. The van der Waals surface area contributed by atoms with E-state index in [9.17, 15) is 44.0 Å². The molecule has 484 valence electrons. The Kier molecular flexibility index (Phi) is 41.4. The summed E-state index contributed by atoms with van der Waals surface area (Å²) < 4.78 is 210. The van der Waals surface area contributed by atoms with Crippen LogP contribution in [0.4, 0.5) is 39.5 Å². The molecule has 0 amide bonds. The van der Waals surface area contributed by atoms with Gasteiger partial charge in [-0.25, -0.2) is 8.78 Å². The number of halogens is 9. The summed E-state index contributed by atoms with van der Waals surface area (Å²) >= 11 is 0. The minimum atomic E-state index is -4.46. The van der Waals surface area contributed by atoms with Gasteiger partial charge in [0.1, 0.15) is 19.8 Å². The van der Waals surface area contributed by atoms with Crippen LogP contribution >= 0.6 is 0 Å². The van der Waals surface area contributed by atoms with E-state index in [2.05, 4.69) is 89.1 Å². The SMILES string of the molecule is COC(F)(F)COCCC[Si](C)(C)O[Si](C)(C)CC[Si](OC)(OC)OC.COC(F)(F)F.COCCC[Si](C)(C)O[Si](C)(C)CC[Si](=O)OOCC(F)(F)COC(F)(F)COCCC[Si](C)(C)O[Si](C)(C)CC[Si](OC)(OC)OC. The second-order valence-corrected chi connectivity index (χ2v) is 56.5. The molecule has 0 saturated carbocycles. The molecule has 0 bridgehead atoms. The summed E-state index contributed by atoms with van der Waals surface area (Å²) in [6.07, 6.45) is -9.57. The molecule has 80 heavy (non-hydrogen) atoms. The third-order valence-electron chi connectivity index (χ3n) is 11.8. The highest BCUT2D eigenvalue weighted by molar-refractivity contribution is 6.86. The van der Waals surface area contributed by atoms with Crippen molar-refractivity contribution in [2.24, 2.45) is 0 Å². The summed E-state index contributed by atoms with van der Waals surface area (Å²) in [4.78, 5) is 4.46. The first-order valence-electron chi connectivity index (χ1n) is 26.1. The summed E-state index contributed by atoms with van der Waals surface area (Å²) in [5, 5.41) is 0. The van der Waals surface area contributed by atoms with Crippen LogP contribution < -0.4 is 0 Å². The van der Waals surface area contributed by atoms with Gasteiger partial charge in [-0.05, 0) is 134 Å². The molecule has 0 aromatic carbocycles. The molecular formula is C44H101F9O18Si9. The van der Waals surface area contributed by atoms with E-state index in [1.807, 2.05) is 13.1 Å². The monoisotopic (exact) mass is 1340 g/mol. The highest BCUT2D eigenvalue weighted by atomic mass is 28.4. The molecule has 0 saturated heterocycles. The number of alkyl halides is 9. The minimum Gasteiger partial charge on any atom is -0.456 e. The highest BCUT2D eigenvalue weighted by Gasteiger charge is 2.44. The molecule has 0 heterocycles. The van der Waals surface area contributed by atoms with Crippen molar-refractivity contribution in [2.45, 2.75) is 177 Å². The van der Waals surface area contributed by atoms with Gasteiger partial charge in [0.25, 0.3) is 5.92 Å². The third-order valence-corrected chi connectivity index (χ3v) is 42.0. The molecule has 18 nitrogen and oxygen atoms in total. The molecule has 0 rings (SSSR count). The number of hydrogen-bond donors (Lipinski definition) is 0. The smallest absolute Gasteiger partial charge is 0.456 e. The summed E-state index contributed by atoms with van der Waals surface area (Å²) in [6, 6.07) is 6.04. The Labute approximate surface area is 482 Å². The maximum atomic E-state index is 14.1. The maximum Gasteiger partial charge on any atom is 0.537 e. The summed E-state index contributed by atoms with van der Waals surface area (Å²) in [6.45, 7) is 21.3. The van der Waals surface area contributed by atoms with Crippen LogP contribution in [0.1, 0.15) is 19.3 Å². The zero-order valence-electron chi connectivity index (χ0n) is 51.7. The predicted molar refractivity (Wildman–Crippen MR) is 307 cm³/mol. The molecule has 0 aromatic heterocycles. The van der Waals surface area contributed by atoms with Crippen molar-refractivity contribution in [1.29, 1.82) is 0 Å². The zero-order valence-corrected chi connectivity index (χ0v) is 60.7. The predicted octanol–water partition coefficient (Wildman–Crippen LogP) is 12.4. The lowest BCUT2D eigenvalue weighted by molar-refractivity contribution is -0.311. The van der Waals surface area contributed by atoms with Crippen molar-refractivity contribution >= 4 is 76.4 Å². The quantitative estimate of drug-likeness (QED) is 0.0185. The standard InChI is InChI=1S/C27H62F4O11Si6.C15H36F2O6Si3.C2H3F3O/c1-33-15-13-18-44(5,6)41-46(9,10)20-17-43(32)40-39-24-26(28,29)23-38-27(30,31)25-37-16-14-19-45(7,8)42-47(11,12)21-22-48(34-2,35-3)36-4;1-18-15(16,17)14-22-10-9-11-24(5,6)23-25(7,8)12-13-26(19-2,20-3)21-4;1-6-2(3,4)5/h13-25H2,1-12H3;9-14H2,1-8H3;1H3. The Morgan fingerprint density at radius 1 is 0.388 bits per heavy atom. The Bertz CT molecular complexity index is 1610. The van der Waals surface area contributed by atoms with E-state index in [4.69, 9.17) is 53.1 Å². The van der Waals surface area contributed by atoms with Gasteiger partial charge in [-0.15, -0.1) is 13.2 Å². The van der Waals surface area contributed by atoms with E-state index in [-0.39, 0.29) is 19.3 Å². The molecule has 0 aromatic rings. The Balaban J connectivity index is -0.00000154. The van der Waals surface area contributed by atoms with Crippen LogP contribution in [0, 0.1) is 0 Å². The summed E-state index contributed by atoms with van der Waals surface area (Å²) in [7, 11) is -7.58. The average molecular weight is 1340 g/mol. The molecule has 0 N–H and O–H groups in total. The number of hydrogen-bond acceptors (Lipinski definition) is 18. The second kappa shape index (κ2) is 39.2. The average Bonchev–Trinajstić information content (AvgIpc) is 3.33. The lowest BCUT2D eigenvalue weighted by Crippen LogP contribution is -2.48. The van der Waals surface area contributed by atoms with Crippen LogP contribution in [0.25, 0.3) is 0 Å². The maximum absolute atomic E-state index is 14.1. The molecule has 0 aliphatic heterocycles. The fourth-order valence-corrected chi connectivity index (χ4v) is 44.2. The van der Waals surface area contributed by atoms with Crippen molar-refractivity contribution in [3.05, 3.63) is 0 Å². The van der Waals surface area contributed by atoms with Crippen molar-refractivity contribution in [2.75, 3.05) is 110 Å². The number of ether oxygens (including phenoxy) is 6. The lowest BCUT2D eigenvalue weighted by Gasteiger charge is -2.35. The first-order chi connectivity index (χ1) is 36.3. The van der Waals surface area contributed by atoms with Crippen LogP contribution in [0.5, 0.6) is 0 Å². The highest BCUT2D eigenvalue weighted by Crippen LogP contribution is 2.31. The van der Waals surface area contributed by atoms with Gasteiger partial charge in [-0.2, -0.15) is 22.4 Å². The van der Waals surface area contributed by atoms with Gasteiger partial charge >= 0.3 is 45.1 Å². The normalized spacial score (nSPS) is 13.9. The molecule has 0 spiro atoms. The minimum absolute atomic E-state index is 0.00635. The van der Waals surface area contributed by atoms with Crippen LogP contribution in [0.2, 0.25) is 133 Å². The molecular weight excluding hydrogens is 1240 g/mol. The molecule has 0 fully saturated rings. The summed E-state index contributed by atoms with van der Waals surface area (Å²) in [5.41, 5.74) is 0. The Morgan fingerprint density at radius 3 is 1.04 bits per heavy atom. The van der Waals surface area contributed by atoms with Crippen molar-refractivity contribution in [3.63, 3.8) is 0 Å². The number of methoxy groups -OCH3 is 3. The Morgan fingerprint density at radius 2 is 0.713 bits per heavy atom. The van der Waals surface area contributed by atoms with Crippen molar-refractivity contribution in [1.82, 2.24) is 0 Å². The van der Waals surface area contributed by atoms with Crippen LogP contribution in [0.15, 0.2) is 0 Å². The topological polar surface area (TPSA) is 174 Å². The van der Waals surface area contributed by atoms with Crippen LogP contribution in [-0.4, -0.2) is 211 Å². The van der Waals surface area contributed by atoms with Crippen LogP contribution in [-0.2, 0) is 81.2 Å². The number of rotatable bonds is 45. The second-order valence-electron chi connectivity index (χ2n) is 22.4. The van der Waals surface area contributed by atoms with Gasteiger partial charge in [-0.3, -0.25) is 4.74 Å². The van der Waals surface area contributed by atoms with E-state index in [0.29, 0.717) is 44.7 Å². The van der Waals surface area contributed by atoms with E-state index in [1.54, 1.807) is 49.8 Å². The van der Waals surface area contributed by atoms with Gasteiger partial charge in [0, 0.05) is 102 Å². The molecule has 0 radical (unpaired) electrons. The molecule has 36 heteroatoms. The van der Waals surface area contributed by atoms with Gasteiger partial charge in [0.05, 0.1) is 0 Å². The summed E-state index contributed by atoms with van der Waals surface area (Å²) in [5.74, 6) is -3.80. The van der Waals surface area contributed by atoms with E-state index >= 15 is 0 Å². The van der Waals surface area contributed by atoms with Gasteiger partial charge in [-0.1, -0.05) is 0 Å². The third kappa shape index (κ3) is 44.7. The fourth-order valence-electron chi connectivity index (χ4n) is 7.77. The first-order valence-corrected chi connectivity index (χ1v) is 50.2. The first kappa shape index (κ1) is 84.5. The van der Waals surface area contributed by atoms with E-state index < -0.39 is 127 Å². The van der Waals surface area contributed by atoms with Gasteiger partial charge in [0.15, 0.2) is 56.5 Å². The molecule has 0 aliphatic carbocycles. The van der Waals surface area contributed by atoms with Gasteiger partial charge < -0.3 is 71.6 Å². The Hall–Kier alpha value is 0.282. The molecule has 0 atom stereocenters. The molecule has 0 unspecified atom stereocenters. The van der Waals surface area contributed by atoms with Gasteiger partial charge in [0.2, 0.25) is 0 Å². The van der Waals surface area contributed by atoms with E-state index in [1.165, 1.54) is 0 Å². The van der Waals surface area contributed by atoms with Crippen molar-refractivity contribution in [3.8, 4) is 0 Å². The fraction of sp³-hybridized carbons (Fsp3) is 1.00.